The molecule has 0 amide bonds. The van der Waals surface area contributed by atoms with E-state index < -0.39 is 16.1 Å². The fraction of sp³-hybridized carbons (Fsp3) is 0.474. The number of β-amino-alcohol motifs (C(OH)–C–C–N with tert-alkyl or cyclic N) is 1. The molecule has 7 nitrogen and oxygen atoms in total. The second-order valence-corrected chi connectivity index (χ2v) is 8.70. The van der Waals surface area contributed by atoms with Crippen LogP contribution in [0.4, 0.5) is 0 Å². The zero-order valence-electron chi connectivity index (χ0n) is 15.5. The van der Waals surface area contributed by atoms with Gasteiger partial charge in [0.2, 0.25) is 10.0 Å². The summed E-state index contributed by atoms with van der Waals surface area (Å²) in [5.74, 6) is 0.720. The molecule has 27 heavy (non-hydrogen) atoms. The van der Waals surface area contributed by atoms with E-state index >= 15 is 0 Å². The average molecular weight is 394 g/mol. The molecule has 8 heteroatoms. The van der Waals surface area contributed by atoms with Crippen molar-refractivity contribution >= 4 is 10.0 Å². The molecule has 1 aromatic heterocycles. The first kappa shape index (κ1) is 20.0. The summed E-state index contributed by atoms with van der Waals surface area (Å²) >= 11 is 0. The smallest absolute Gasteiger partial charge is 0.243 e. The third kappa shape index (κ3) is 5.40. The van der Waals surface area contributed by atoms with Crippen molar-refractivity contribution in [2.45, 2.75) is 24.5 Å². The van der Waals surface area contributed by atoms with Crippen LogP contribution in [0.25, 0.3) is 0 Å². The van der Waals surface area contributed by atoms with Gasteiger partial charge in [-0.2, -0.15) is 4.31 Å². The molecule has 0 radical (unpaired) electrons. The van der Waals surface area contributed by atoms with Crippen molar-refractivity contribution in [2.75, 3.05) is 39.3 Å². The second-order valence-electron chi connectivity index (χ2n) is 6.77. The number of aryl methyl sites for hydroxylation is 1. The Hall–Kier alpha value is -1.71. The summed E-state index contributed by atoms with van der Waals surface area (Å²) in [6, 6.07) is 10.5. The Morgan fingerprint density at radius 2 is 1.85 bits per heavy atom. The van der Waals surface area contributed by atoms with Crippen LogP contribution in [-0.4, -0.2) is 68.2 Å². The maximum Gasteiger partial charge on any atom is 0.243 e. The number of ether oxygens (including phenoxy) is 1. The predicted octanol–water partition coefficient (Wildman–Crippen LogP) is 1.47. The Kier molecular flexibility index (Phi) is 6.67. The quantitative estimate of drug-likeness (QED) is 0.730. The van der Waals surface area contributed by atoms with E-state index in [1.807, 2.05) is 25.1 Å². The summed E-state index contributed by atoms with van der Waals surface area (Å²) in [6.07, 6.45) is 0.958. The molecule has 1 fully saturated rings. The predicted molar refractivity (Wildman–Crippen MR) is 101 cm³/mol. The van der Waals surface area contributed by atoms with E-state index in [1.165, 1.54) is 4.31 Å². The minimum absolute atomic E-state index is 0.211. The van der Waals surface area contributed by atoms with Gasteiger partial charge in [0.1, 0.15) is 12.4 Å². The van der Waals surface area contributed by atoms with Crippen molar-refractivity contribution in [3.63, 3.8) is 0 Å². The molecule has 2 aromatic rings. The van der Waals surface area contributed by atoms with Crippen LogP contribution in [0.3, 0.4) is 0 Å². The molecule has 1 unspecified atom stereocenters. The molecule has 1 aliphatic heterocycles. The third-order valence-corrected chi connectivity index (χ3v) is 6.51. The van der Waals surface area contributed by atoms with Crippen LogP contribution in [0, 0.1) is 6.92 Å². The zero-order chi connectivity index (χ0) is 19.3. The van der Waals surface area contributed by atoms with Gasteiger partial charge in [-0.05, 0) is 31.2 Å². The fourth-order valence-corrected chi connectivity index (χ4v) is 4.47. The monoisotopic (exact) mass is 394 g/mol. The van der Waals surface area contributed by atoms with Gasteiger partial charge in [0.25, 0.3) is 0 Å². The molecule has 3 rings (SSSR count). The number of benzene rings is 1. The average Bonchev–Trinajstić information content (AvgIpc) is 3.16. The van der Waals surface area contributed by atoms with Gasteiger partial charge in [-0.3, -0.25) is 4.90 Å². The first-order valence-corrected chi connectivity index (χ1v) is 10.5. The molecule has 1 N–H and O–H groups in total. The van der Waals surface area contributed by atoms with E-state index in [0.29, 0.717) is 44.2 Å². The Morgan fingerprint density at radius 3 is 2.48 bits per heavy atom. The van der Waals surface area contributed by atoms with Gasteiger partial charge in [-0.15, -0.1) is 0 Å². The van der Waals surface area contributed by atoms with E-state index in [-0.39, 0.29) is 6.61 Å². The van der Waals surface area contributed by atoms with E-state index in [0.717, 1.165) is 11.3 Å². The molecule has 1 saturated heterocycles. The summed E-state index contributed by atoms with van der Waals surface area (Å²) < 4.78 is 37.5. The summed E-state index contributed by atoms with van der Waals surface area (Å²) in [7, 11) is -3.46. The van der Waals surface area contributed by atoms with Crippen LogP contribution >= 0.6 is 0 Å². The van der Waals surface area contributed by atoms with E-state index in [1.54, 1.807) is 24.5 Å². The first-order valence-electron chi connectivity index (χ1n) is 9.02. The molecular weight excluding hydrogens is 368 g/mol. The normalized spacial score (nSPS) is 17.9. The number of nitrogens with zero attached hydrogens (tertiary/aromatic N) is 2. The number of aliphatic hydroxyl groups excluding tert-OH is 1. The zero-order valence-corrected chi connectivity index (χ0v) is 16.3. The molecule has 2 heterocycles. The van der Waals surface area contributed by atoms with Crippen molar-refractivity contribution in [3.8, 4) is 0 Å². The lowest BCUT2D eigenvalue weighted by Gasteiger charge is -2.34. The number of hydrogen-bond donors (Lipinski definition) is 1. The molecular formula is C19H26N2O5S. The number of piperazine rings is 1. The maximum atomic E-state index is 12.7. The van der Waals surface area contributed by atoms with Crippen LogP contribution < -0.4 is 0 Å². The molecule has 1 aromatic carbocycles. The Bertz CT molecular complexity index is 797. The van der Waals surface area contributed by atoms with Crippen molar-refractivity contribution in [1.29, 1.82) is 0 Å². The van der Waals surface area contributed by atoms with Gasteiger partial charge in [0, 0.05) is 32.7 Å². The van der Waals surface area contributed by atoms with Crippen molar-refractivity contribution in [3.05, 3.63) is 54.0 Å². The molecule has 1 aliphatic rings. The molecule has 0 saturated carbocycles. The van der Waals surface area contributed by atoms with Crippen LogP contribution in [-0.2, 0) is 21.4 Å². The van der Waals surface area contributed by atoms with E-state index in [4.69, 9.17) is 9.15 Å². The molecule has 0 aliphatic carbocycles. The number of furan rings is 1. The van der Waals surface area contributed by atoms with E-state index in [2.05, 4.69) is 4.90 Å². The summed E-state index contributed by atoms with van der Waals surface area (Å²) in [4.78, 5) is 2.38. The SMILES string of the molecule is Cc1ccc(S(=O)(=O)N2CCN(CC(O)COCc3ccco3)CC2)cc1. The molecule has 0 spiro atoms. The Balaban J connectivity index is 1.43. The lowest BCUT2D eigenvalue weighted by atomic mass is 10.2. The number of rotatable bonds is 8. The topological polar surface area (TPSA) is 83.2 Å². The highest BCUT2D eigenvalue weighted by molar-refractivity contribution is 7.89. The third-order valence-electron chi connectivity index (χ3n) is 4.59. The molecule has 1 atom stereocenters. The van der Waals surface area contributed by atoms with Crippen LogP contribution in [0.2, 0.25) is 0 Å². The van der Waals surface area contributed by atoms with Gasteiger partial charge >= 0.3 is 0 Å². The number of hydrogen-bond acceptors (Lipinski definition) is 6. The van der Waals surface area contributed by atoms with Gasteiger partial charge < -0.3 is 14.3 Å². The van der Waals surface area contributed by atoms with Crippen LogP contribution in [0.5, 0.6) is 0 Å². The molecule has 0 bridgehead atoms. The summed E-state index contributed by atoms with van der Waals surface area (Å²) in [5.41, 5.74) is 1.03. The highest BCUT2D eigenvalue weighted by Crippen LogP contribution is 2.18. The van der Waals surface area contributed by atoms with Crippen LogP contribution in [0.15, 0.2) is 52.0 Å². The second kappa shape index (κ2) is 8.99. The lowest BCUT2D eigenvalue weighted by Crippen LogP contribution is -2.50. The number of sulfonamides is 1. The van der Waals surface area contributed by atoms with Crippen molar-refractivity contribution < 1.29 is 22.7 Å². The standard InChI is InChI=1S/C19H26N2O5S/c1-16-4-6-19(7-5-16)27(23,24)21-10-8-20(9-11-21)13-17(22)14-25-15-18-3-2-12-26-18/h2-7,12,17,22H,8-11,13-15H2,1H3. The van der Waals surface area contributed by atoms with Crippen LogP contribution in [0.1, 0.15) is 11.3 Å². The number of aliphatic hydroxyl groups is 1. The Morgan fingerprint density at radius 1 is 1.15 bits per heavy atom. The minimum atomic E-state index is -3.46. The minimum Gasteiger partial charge on any atom is -0.467 e. The largest absolute Gasteiger partial charge is 0.467 e. The van der Waals surface area contributed by atoms with Crippen molar-refractivity contribution in [1.82, 2.24) is 9.21 Å². The molecule has 148 valence electrons. The maximum absolute atomic E-state index is 12.7. The highest BCUT2D eigenvalue weighted by Gasteiger charge is 2.28. The van der Waals surface area contributed by atoms with Gasteiger partial charge in [0.15, 0.2) is 0 Å². The van der Waals surface area contributed by atoms with Crippen molar-refractivity contribution in [2.24, 2.45) is 0 Å². The fourth-order valence-electron chi connectivity index (χ4n) is 3.05. The van der Waals surface area contributed by atoms with E-state index in [9.17, 15) is 13.5 Å². The highest BCUT2D eigenvalue weighted by atomic mass is 32.2. The summed E-state index contributed by atoms with van der Waals surface area (Å²) in [6.45, 7) is 4.91. The summed E-state index contributed by atoms with van der Waals surface area (Å²) in [5, 5.41) is 10.1. The lowest BCUT2D eigenvalue weighted by molar-refractivity contribution is 0.00100. The first-order chi connectivity index (χ1) is 12.9. The van der Waals surface area contributed by atoms with Gasteiger partial charge in [0.05, 0.1) is 23.9 Å². The Labute approximate surface area is 160 Å². The van der Waals surface area contributed by atoms with Gasteiger partial charge in [-0.25, -0.2) is 8.42 Å². The van der Waals surface area contributed by atoms with Gasteiger partial charge in [-0.1, -0.05) is 17.7 Å².